The molecule has 0 saturated heterocycles. The van der Waals surface area contributed by atoms with Gasteiger partial charge in [0.1, 0.15) is 0 Å². The quantitative estimate of drug-likeness (QED) is 0.495. The molecule has 1 aromatic carbocycles. The lowest BCUT2D eigenvalue weighted by Gasteiger charge is -2.09. The van der Waals surface area contributed by atoms with Gasteiger partial charge in [-0.05, 0) is 37.6 Å². The minimum atomic E-state index is -1.05. The van der Waals surface area contributed by atoms with E-state index in [2.05, 4.69) is 0 Å². The Hall–Kier alpha value is -1.88. The molecule has 0 aliphatic heterocycles. The first-order valence-electron chi connectivity index (χ1n) is 6.06. The number of carbonyl (C=O) groups excluding carboxylic acids is 2. The van der Waals surface area contributed by atoms with E-state index in [9.17, 15) is 14.4 Å². The van der Waals surface area contributed by atoms with Crippen LogP contribution >= 0.6 is 11.6 Å². The third-order valence-corrected chi connectivity index (χ3v) is 2.70. The van der Waals surface area contributed by atoms with Crippen LogP contribution in [0.15, 0.2) is 18.2 Å². The van der Waals surface area contributed by atoms with Crippen molar-refractivity contribution in [2.24, 2.45) is 0 Å². The molecule has 6 heteroatoms. The lowest BCUT2D eigenvalue weighted by atomic mass is 10.00. The van der Waals surface area contributed by atoms with E-state index >= 15 is 0 Å². The molecule has 1 N–H and O–H groups in total. The van der Waals surface area contributed by atoms with Gasteiger partial charge in [-0.2, -0.15) is 0 Å². The van der Waals surface area contributed by atoms with E-state index in [4.69, 9.17) is 21.4 Å². The minimum Gasteiger partial charge on any atom is -0.481 e. The van der Waals surface area contributed by atoms with Gasteiger partial charge >= 0.3 is 11.9 Å². The van der Waals surface area contributed by atoms with E-state index in [1.165, 1.54) is 25.1 Å². The number of esters is 1. The first kappa shape index (κ1) is 16.2. The Morgan fingerprint density at radius 2 is 1.85 bits per heavy atom. The normalized spacial score (nSPS) is 11.8. The fourth-order valence-electron chi connectivity index (χ4n) is 1.67. The number of benzene rings is 1. The molecule has 0 aliphatic rings. The molecule has 0 radical (unpaired) electrons. The largest absolute Gasteiger partial charge is 0.481 e. The summed E-state index contributed by atoms with van der Waals surface area (Å²) in [6, 6.07) is 4.20. The molecule has 0 fully saturated rings. The van der Waals surface area contributed by atoms with Gasteiger partial charge in [-0.1, -0.05) is 0 Å². The highest BCUT2D eigenvalue weighted by molar-refractivity contribution is 6.33. The number of hydrogen-bond donors (Lipinski definition) is 1. The zero-order valence-electron chi connectivity index (χ0n) is 11.2. The van der Waals surface area contributed by atoms with Crippen LogP contribution in [0.4, 0.5) is 0 Å². The Morgan fingerprint density at radius 3 is 2.35 bits per heavy atom. The Balaban J connectivity index is 3.23. The Kier molecular flexibility index (Phi) is 5.70. The molecule has 0 bridgehead atoms. The number of carbonyl (C=O) groups is 3. The fraction of sp³-hybridized carbons (Fsp3) is 0.357. The zero-order chi connectivity index (χ0) is 15.3. The molecule has 1 aromatic rings. The molecule has 20 heavy (non-hydrogen) atoms. The number of aliphatic carboxylic acids is 1. The van der Waals surface area contributed by atoms with E-state index in [0.29, 0.717) is 5.56 Å². The summed E-state index contributed by atoms with van der Waals surface area (Å²) in [5.74, 6) is -2.02. The molecule has 0 saturated carbocycles. The second kappa shape index (κ2) is 7.05. The van der Waals surface area contributed by atoms with E-state index in [0.717, 1.165) is 0 Å². The molecule has 0 heterocycles. The third kappa shape index (κ3) is 4.35. The summed E-state index contributed by atoms with van der Waals surface area (Å²) in [6.07, 6.45) is -0.288. The standard InChI is InChI=1S/C14H15ClO5/c1-3-20-14(19)11-5-9(6-12(16)17)4-10(7-11)13(18)8(2)15/h4-5,7-8H,3,6H2,1-2H3,(H,16,17). The van der Waals surface area contributed by atoms with Gasteiger partial charge in [0, 0.05) is 5.56 Å². The molecule has 0 spiro atoms. The van der Waals surface area contributed by atoms with Gasteiger partial charge in [0.15, 0.2) is 5.78 Å². The molecule has 5 nitrogen and oxygen atoms in total. The molecular formula is C14H15ClO5. The second-order valence-electron chi connectivity index (χ2n) is 4.19. The summed E-state index contributed by atoms with van der Waals surface area (Å²) >= 11 is 5.73. The number of Topliss-reactive ketones (excluding diaryl/α,β-unsaturated/α-hetero) is 1. The van der Waals surface area contributed by atoms with Crippen LogP contribution in [-0.4, -0.2) is 34.8 Å². The predicted molar refractivity (Wildman–Crippen MR) is 73.4 cm³/mol. The van der Waals surface area contributed by atoms with Crippen LogP contribution in [0, 0.1) is 0 Å². The molecule has 1 atom stereocenters. The predicted octanol–water partition coefficient (Wildman–Crippen LogP) is 2.30. The Bertz CT molecular complexity index is 536. The van der Waals surface area contributed by atoms with E-state index in [-0.39, 0.29) is 29.9 Å². The second-order valence-corrected chi connectivity index (χ2v) is 4.84. The first-order chi connectivity index (χ1) is 9.35. The van der Waals surface area contributed by atoms with Crippen molar-refractivity contribution in [2.45, 2.75) is 25.6 Å². The maximum atomic E-state index is 11.9. The molecule has 0 aliphatic carbocycles. The monoisotopic (exact) mass is 298 g/mol. The van der Waals surface area contributed by atoms with Crippen molar-refractivity contribution in [1.82, 2.24) is 0 Å². The number of halogens is 1. The number of ketones is 1. The van der Waals surface area contributed by atoms with Gasteiger partial charge in [0.2, 0.25) is 0 Å². The van der Waals surface area contributed by atoms with Crippen LogP contribution in [0.3, 0.4) is 0 Å². The fourth-order valence-corrected chi connectivity index (χ4v) is 1.80. The lowest BCUT2D eigenvalue weighted by molar-refractivity contribution is -0.136. The average Bonchev–Trinajstić information content (AvgIpc) is 2.36. The van der Waals surface area contributed by atoms with Crippen molar-refractivity contribution in [3.63, 3.8) is 0 Å². The highest BCUT2D eigenvalue weighted by Crippen LogP contribution is 2.16. The number of carboxylic acids is 1. The van der Waals surface area contributed by atoms with E-state index < -0.39 is 17.3 Å². The summed E-state index contributed by atoms with van der Waals surface area (Å²) < 4.78 is 4.85. The maximum absolute atomic E-state index is 11.9. The Labute approximate surface area is 121 Å². The van der Waals surface area contributed by atoms with Crippen LogP contribution in [0.25, 0.3) is 0 Å². The van der Waals surface area contributed by atoms with Gasteiger partial charge in [0.25, 0.3) is 0 Å². The smallest absolute Gasteiger partial charge is 0.338 e. The maximum Gasteiger partial charge on any atom is 0.338 e. The summed E-state index contributed by atoms with van der Waals surface area (Å²) in [4.78, 5) is 34.4. The van der Waals surface area contributed by atoms with Crippen LogP contribution < -0.4 is 0 Å². The number of hydrogen-bond acceptors (Lipinski definition) is 4. The van der Waals surface area contributed by atoms with E-state index in [1.807, 2.05) is 0 Å². The van der Waals surface area contributed by atoms with E-state index in [1.54, 1.807) is 6.92 Å². The lowest BCUT2D eigenvalue weighted by Crippen LogP contribution is -2.14. The van der Waals surface area contributed by atoms with Gasteiger partial charge in [0.05, 0.1) is 24.0 Å². The SMILES string of the molecule is CCOC(=O)c1cc(CC(=O)O)cc(C(=O)C(C)Cl)c1. The summed E-state index contributed by atoms with van der Waals surface area (Å²) in [7, 11) is 0. The van der Waals surface area contributed by atoms with Crippen LogP contribution in [-0.2, 0) is 16.0 Å². The molecule has 1 rings (SSSR count). The van der Waals surface area contributed by atoms with Crippen molar-refractivity contribution < 1.29 is 24.2 Å². The molecular weight excluding hydrogens is 284 g/mol. The first-order valence-corrected chi connectivity index (χ1v) is 6.50. The molecule has 1 unspecified atom stereocenters. The average molecular weight is 299 g/mol. The zero-order valence-corrected chi connectivity index (χ0v) is 11.9. The summed E-state index contributed by atoms with van der Waals surface area (Å²) in [5, 5.41) is 8.05. The third-order valence-electron chi connectivity index (χ3n) is 2.51. The molecule has 0 aromatic heterocycles. The van der Waals surface area contributed by atoms with Crippen LogP contribution in [0.2, 0.25) is 0 Å². The van der Waals surface area contributed by atoms with Gasteiger partial charge in [-0.15, -0.1) is 11.6 Å². The van der Waals surface area contributed by atoms with Crippen LogP contribution in [0.5, 0.6) is 0 Å². The highest BCUT2D eigenvalue weighted by atomic mass is 35.5. The van der Waals surface area contributed by atoms with Gasteiger partial charge < -0.3 is 9.84 Å². The van der Waals surface area contributed by atoms with Crippen molar-refractivity contribution >= 4 is 29.3 Å². The van der Waals surface area contributed by atoms with Gasteiger partial charge in [-0.25, -0.2) is 4.79 Å². The molecule has 108 valence electrons. The van der Waals surface area contributed by atoms with Crippen molar-refractivity contribution in [2.75, 3.05) is 6.61 Å². The number of ether oxygens (including phenoxy) is 1. The summed E-state index contributed by atoms with van der Waals surface area (Å²) in [5.41, 5.74) is 0.698. The number of carboxylic acid groups (broad SMARTS) is 1. The Morgan fingerprint density at radius 1 is 1.25 bits per heavy atom. The van der Waals surface area contributed by atoms with Crippen molar-refractivity contribution in [3.05, 3.63) is 34.9 Å². The minimum absolute atomic E-state index is 0.145. The topological polar surface area (TPSA) is 80.7 Å². The van der Waals surface area contributed by atoms with Crippen molar-refractivity contribution in [3.8, 4) is 0 Å². The van der Waals surface area contributed by atoms with Crippen molar-refractivity contribution in [1.29, 1.82) is 0 Å². The van der Waals surface area contributed by atoms with Crippen LogP contribution in [0.1, 0.15) is 40.1 Å². The highest BCUT2D eigenvalue weighted by Gasteiger charge is 2.17. The van der Waals surface area contributed by atoms with Gasteiger partial charge in [-0.3, -0.25) is 9.59 Å². The molecule has 0 amide bonds. The number of alkyl halides is 1. The summed E-state index contributed by atoms with van der Waals surface area (Å²) in [6.45, 7) is 3.36. The number of rotatable bonds is 6.